The molecule has 1 amide bonds. The first kappa shape index (κ1) is 11.9. The van der Waals surface area contributed by atoms with Gasteiger partial charge in [0, 0.05) is 31.7 Å². The maximum Gasteiger partial charge on any atom is 0.234 e. The molecule has 4 heteroatoms. The number of piperidine rings is 2. The minimum Gasteiger partial charge on any atom is -0.355 e. The van der Waals surface area contributed by atoms with Crippen LogP contribution in [0.15, 0.2) is 0 Å². The lowest BCUT2D eigenvalue weighted by Gasteiger charge is -2.50. The molecule has 0 aromatic carbocycles. The Balaban J connectivity index is 1.81. The number of piperazine rings is 1. The van der Waals surface area contributed by atoms with Gasteiger partial charge in [0.15, 0.2) is 0 Å². The number of carbonyl (C=O) groups excluding carboxylic acids is 1. The Hall–Kier alpha value is -0.610. The molecule has 92 valence electrons. The molecule has 2 bridgehead atoms. The van der Waals surface area contributed by atoms with Crippen molar-refractivity contribution in [3.05, 3.63) is 0 Å². The van der Waals surface area contributed by atoms with Crippen molar-refractivity contribution in [3.63, 3.8) is 0 Å². The van der Waals surface area contributed by atoms with E-state index in [9.17, 15) is 4.79 Å². The van der Waals surface area contributed by atoms with Gasteiger partial charge >= 0.3 is 0 Å². The maximum atomic E-state index is 11.7. The van der Waals surface area contributed by atoms with Gasteiger partial charge in [-0.3, -0.25) is 9.69 Å². The number of fused-ring (bicyclic) bond motifs is 3. The summed E-state index contributed by atoms with van der Waals surface area (Å²) in [5, 5.41) is 2.96. The highest BCUT2D eigenvalue weighted by Gasteiger charge is 2.37. The highest BCUT2D eigenvalue weighted by atomic mass is 16.2. The number of amides is 1. The molecule has 3 heterocycles. The van der Waals surface area contributed by atoms with Crippen molar-refractivity contribution in [3.8, 4) is 0 Å². The Morgan fingerprint density at radius 2 is 2.06 bits per heavy atom. The third-order valence-corrected chi connectivity index (χ3v) is 3.84. The summed E-state index contributed by atoms with van der Waals surface area (Å²) in [6.45, 7) is 5.68. The molecule has 3 aliphatic rings. The largest absolute Gasteiger partial charge is 0.355 e. The van der Waals surface area contributed by atoms with E-state index in [-0.39, 0.29) is 5.91 Å². The summed E-state index contributed by atoms with van der Waals surface area (Å²) >= 11 is 0. The lowest BCUT2D eigenvalue weighted by molar-refractivity contribution is -0.125. The molecule has 3 rings (SSSR count). The number of likely N-dealkylation sites (N-methyl/N-ethyl adjacent to an activating group) is 1. The summed E-state index contributed by atoms with van der Waals surface area (Å²) in [7, 11) is 2.20. The highest BCUT2D eigenvalue weighted by molar-refractivity contribution is 5.78. The minimum absolute atomic E-state index is 0.192. The molecule has 2 unspecified atom stereocenters. The van der Waals surface area contributed by atoms with Gasteiger partial charge in [0.1, 0.15) is 0 Å². The van der Waals surface area contributed by atoms with Gasteiger partial charge in [-0.25, -0.2) is 0 Å². The highest BCUT2D eigenvalue weighted by Crippen LogP contribution is 2.26. The predicted octanol–water partition coefficient (Wildman–Crippen LogP) is 0.291. The molecule has 0 aliphatic carbocycles. The van der Waals surface area contributed by atoms with Crippen molar-refractivity contribution >= 4 is 5.91 Å². The zero-order chi connectivity index (χ0) is 11.5. The molecule has 0 spiro atoms. The smallest absolute Gasteiger partial charge is 0.234 e. The molecule has 2 atom stereocenters. The van der Waals surface area contributed by atoms with Crippen LogP contribution in [0.4, 0.5) is 0 Å². The van der Waals surface area contributed by atoms with E-state index in [1.54, 1.807) is 0 Å². The Morgan fingerprint density at radius 3 is 2.62 bits per heavy atom. The summed E-state index contributed by atoms with van der Waals surface area (Å²) in [6.07, 6.45) is 3.57. The molecule has 16 heavy (non-hydrogen) atoms. The van der Waals surface area contributed by atoms with Crippen LogP contribution in [0.5, 0.6) is 0 Å². The second-order valence-electron chi connectivity index (χ2n) is 5.10. The van der Waals surface area contributed by atoms with Crippen LogP contribution >= 0.6 is 0 Å². The maximum absolute atomic E-state index is 11.7. The number of carbonyl (C=O) groups is 1. The molecule has 0 aromatic rings. The van der Waals surface area contributed by atoms with Gasteiger partial charge in [-0.05, 0) is 26.3 Å². The standard InChI is InChI=1S/C12H23N3O/c1-3-6-13-12(16)9-15-8-10-4-5-11(15)7-14(10)2/h10-11H,3-9H2,1-2H3,(H,13,16). The second-order valence-corrected chi connectivity index (χ2v) is 5.10. The fourth-order valence-electron chi connectivity index (χ4n) is 2.82. The molecular formula is C12H23N3O. The van der Waals surface area contributed by atoms with E-state index >= 15 is 0 Å². The van der Waals surface area contributed by atoms with E-state index in [4.69, 9.17) is 0 Å². The van der Waals surface area contributed by atoms with Gasteiger partial charge in [0.05, 0.1) is 6.54 Å². The third-order valence-electron chi connectivity index (χ3n) is 3.84. The first-order chi connectivity index (χ1) is 7.70. The Morgan fingerprint density at radius 1 is 1.31 bits per heavy atom. The zero-order valence-corrected chi connectivity index (χ0v) is 10.4. The van der Waals surface area contributed by atoms with E-state index in [0.717, 1.165) is 26.1 Å². The predicted molar refractivity (Wildman–Crippen MR) is 64.3 cm³/mol. The van der Waals surface area contributed by atoms with Crippen LogP contribution < -0.4 is 5.32 Å². The lowest BCUT2D eigenvalue weighted by Crippen LogP contribution is -2.62. The third kappa shape index (κ3) is 2.55. The molecule has 3 aliphatic heterocycles. The van der Waals surface area contributed by atoms with Gasteiger partial charge in [0.2, 0.25) is 5.91 Å². The van der Waals surface area contributed by atoms with E-state index < -0.39 is 0 Å². The molecule has 1 N–H and O–H groups in total. The molecule has 3 fully saturated rings. The monoisotopic (exact) mass is 225 g/mol. The number of nitrogens with one attached hydrogen (secondary N) is 1. The number of nitrogens with zero attached hydrogens (tertiary/aromatic N) is 2. The van der Waals surface area contributed by atoms with Crippen molar-refractivity contribution in [1.82, 2.24) is 15.1 Å². The van der Waals surface area contributed by atoms with Crippen molar-refractivity contribution in [2.75, 3.05) is 33.2 Å². The molecule has 3 saturated heterocycles. The fourth-order valence-corrected chi connectivity index (χ4v) is 2.82. The topological polar surface area (TPSA) is 35.6 Å². The van der Waals surface area contributed by atoms with E-state index in [2.05, 4.69) is 29.1 Å². The molecular weight excluding hydrogens is 202 g/mol. The molecule has 0 aromatic heterocycles. The Labute approximate surface area is 98.0 Å². The van der Waals surface area contributed by atoms with Gasteiger partial charge < -0.3 is 10.2 Å². The van der Waals surface area contributed by atoms with Gasteiger partial charge in [-0.1, -0.05) is 6.92 Å². The number of rotatable bonds is 4. The van der Waals surface area contributed by atoms with E-state index in [0.29, 0.717) is 18.6 Å². The fraction of sp³-hybridized carbons (Fsp3) is 0.917. The Kier molecular flexibility index (Phi) is 3.82. The SMILES string of the molecule is CCCNC(=O)CN1CC2CCC1CN2C. The van der Waals surface area contributed by atoms with Crippen LogP contribution in [0.2, 0.25) is 0 Å². The molecule has 0 saturated carbocycles. The summed E-state index contributed by atoms with van der Waals surface area (Å²) < 4.78 is 0. The number of hydrogen-bond donors (Lipinski definition) is 1. The first-order valence-corrected chi connectivity index (χ1v) is 6.41. The molecule has 4 nitrogen and oxygen atoms in total. The lowest BCUT2D eigenvalue weighted by atomic mass is 9.91. The average Bonchev–Trinajstić information content (AvgIpc) is 2.28. The molecule has 0 radical (unpaired) electrons. The summed E-state index contributed by atoms with van der Waals surface area (Å²) in [6, 6.07) is 1.27. The average molecular weight is 225 g/mol. The summed E-state index contributed by atoms with van der Waals surface area (Å²) in [4.78, 5) is 16.5. The van der Waals surface area contributed by atoms with Crippen LogP contribution in [0.1, 0.15) is 26.2 Å². The van der Waals surface area contributed by atoms with Gasteiger partial charge in [-0.15, -0.1) is 0 Å². The van der Waals surface area contributed by atoms with Crippen molar-refractivity contribution in [1.29, 1.82) is 0 Å². The van der Waals surface area contributed by atoms with Crippen molar-refractivity contribution in [2.45, 2.75) is 38.3 Å². The normalized spacial score (nSPS) is 30.6. The van der Waals surface area contributed by atoms with Crippen molar-refractivity contribution in [2.24, 2.45) is 0 Å². The van der Waals surface area contributed by atoms with Crippen LogP contribution in [0, 0.1) is 0 Å². The van der Waals surface area contributed by atoms with Crippen molar-refractivity contribution < 1.29 is 4.79 Å². The second kappa shape index (κ2) is 5.15. The van der Waals surface area contributed by atoms with Crippen LogP contribution in [0.3, 0.4) is 0 Å². The van der Waals surface area contributed by atoms with Gasteiger partial charge in [0.25, 0.3) is 0 Å². The quantitative estimate of drug-likeness (QED) is 0.747. The van der Waals surface area contributed by atoms with Crippen LogP contribution in [0.25, 0.3) is 0 Å². The van der Waals surface area contributed by atoms with Crippen LogP contribution in [-0.2, 0) is 4.79 Å². The van der Waals surface area contributed by atoms with Gasteiger partial charge in [-0.2, -0.15) is 0 Å². The summed E-state index contributed by atoms with van der Waals surface area (Å²) in [5.41, 5.74) is 0. The van der Waals surface area contributed by atoms with E-state index in [1.165, 1.54) is 12.8 Å². The summed E-state index contributed by atoms with van der Waals surface area (Å²) in [5.74, 6) is 0.192. The van der Waals surface area contributed by atoms with E-state index in [1.807, 2.05) is 0 Å². The Bertz CT molecular complexity index is 257. The van der Waals surface area contributed by atoms with Crippen LogP contribution in [-0.4, -0.2) is 61.0 Å². The number of hydrogen-bond acceptors (Lipinski definition) is 3. The first-order valence-electron chi connectivity index (χ1n) is 6.41. The zero-order valence-electron chi connectivity index (χ0n) is 10.4. The minimum atomic E-state index is 0.192.